The maximum atomic E-state index is 13.9. The molecule has 0 radical (unpaired) electrons. The molecule has 3 rings (SSSR count). The number of carbonyl (C=O) groups excluding carboxylic acids is 5. The molecular weight excluding hydrogens is 462 g/mol. The number of nitrogens with zero attached hydrogens (tertiary/aromatic N) is 1. The van der Waals surface area contributed by atoms with Gasteiger partial charge in [0.1, 0.15) is 18.1 Å². The first-order valence-corrected chi connectivity index (χ1v) is 12.9. The summed E-state index contributed by atoms with van der Waals surface area (Å²) in [7, 11) is 0. The van der Waals surface area contributed by atoms with Crippen LogP contribution in [-0.2, 0) is 19.2 Å². The minimum absolute atomic E-state index is 0.0730. The van der Waals surface area contributed by atoms with E-state index in [1.54, 1.807) is 4.90 Å². The summed E-state index contributed by atoms with van der Waals surface area (Å²) in [4.78, 5) is 65.9. The van der Waals surface area contributed by atoms with Crippen molar-refractivity contribution in [2.45, 2.75) is 98.3 Å². The first-order valence-electron chi connectivity index (χ1n) is 12.9. The van der Waals surface area contributed by atoms with Crippen LogP contribution >= 0.6 is 0 Å². The first kappa shape index (κ1) is 27.9. The molecule has 10 nitrogen and oxygen atoms in total. The number of primary amides is 1. The Morgan fingerprint density at radius 3 is 2.00 bits per heavy atom. The maximum Gasteiger partial charge on any atom is 0.315 e. The SMILES string of the molecule is CC(C)(C)NC(=O)N[C@H](C(=O)N1CC2C([C@H]1C(=O)NC(C(=O)C(N)=O)C1CCC1)C2(C)C)C(C)(C)C. The number of urea groups is 1. The highest BCUT2D eigenvalue weighted by atomic mass is 16.2. The molecule has 3 fully saturated rings. The molecule has 2 aliphatic carbocycles. The lowest BCUT2D eigenvalue weighted by Crippen LogP contribution is -2.62. The van der Waals surface area contributed by atoms with E-state index < -0.39 is 52.7 Å². The number of nitrogens with two attached hydrogens (primary N) is 1. The molecule has 202 valence electrons. The van der Waals surface area contributed by atoms with Gasteiger partial charge in [0.15, 0.2) is 0 Å². The Bertz CT molecular complexity index is 943. The summed E-state index contributed by atoms with van der Waals surface area (Å²) in [5.74, 6) is -2.73. The highest BCUT2D eigenvalue weighted by Gasteiger charge is 2.70. The van der Waals surface area contributed by atoms with Gasteiger partial charge in [-0.25, -0.2) is 4.79 Å². The molecule has 5 N–H and O–H groups in total. The van der Waals surface area contributed by atoms with Gasteiger partial charge in [-0.1, -0.05) is 41.0 Å². The number of hydrogen-bond acceptors (Lipinski definition) is 5. The third kappa shape index (κ3) is 5.52. The van der Waals surface area contributed by atoms with Crippen LogP contribution in [0.15, 0.2) is 0 Å². The predicted octanol–water partition coefficient (Wildman–Crippen LogP) is 1.32. The molecule has 0 spiro atoms. The standard InChI is InChI=1S/C26H43N5O5/c1-24(2,3)19(29-23(36)30-25(4,5)6)22(35)31-12-14-15(26(14,7)8)17(31)21(34)28-16(13-10-9-11-13)18(32)20(27)33/h13-17,19H,9-12H2,1-8H3,(H2,27,33)(H,28,34)(H2,29,30,36)/t14?,15?,16?,17-,19+/m0/s1. The summed E-state index contributed by atoms with van der Waals surface area (Å²) in [5.41, 5.74) is 4.03. The van der Waals surface area contributed by atoms with Crippen LogP contribution in [0.3, 0.4) is 0 Å². The Hall–Kier alpha value is -2.65. The highest BCUT2D eigenvalue weighted by Crippen LogP contribution is 2.65. The van der Waals surface area contributed by atoms with E-state index >= 15 is 0 Å². The van der Waals surface area contributed by atoms with E-state index in [0.29, 0.717) is 6.54 Å². The molecule has 5 atom stereocenters. The van der Waals surface area contributed by atoms with E-state index in [9.17, 15) is 24.0 Å². The van der Waals surface area contributed by atoms with Gasteiger partial charge in [0.25, 0.3) is 5.91 Å². The maximum absolute atomic E-state index is 13.9. The van der Waals surface area contributed by atoms with E-state index in [1.807, 2.05) is 41.5 Å². The van der Waals surface area contributed by atoms with Crippen molar-refractivity contribution in [3.63, 3.8) is 0 Å². The number of fused-ring (bicyclic) bond motifs is 1. The highest BCUT2D eigenvalue weighted by molar-refractivity contribution is 6.38. The summed E-state index contributed by atoms with van der Waals surface area (Å²) in [6.45, 7) is 15.7. The number of hydrogen-bond donors (Lipinski definition) is 4. The van der Waals surface area contributed by atoms with Gasteiger partial charge in [-0.05, 0) is 62.2 Å². The van der Waals surface area contributed by atoms with E-state index in [2.05, 4.69) is 29.8 Å². The van der Waals surface area contributed by atoms with Crippen LogP contribution in [0.25, 0.3) is 0 Å². The molecule has 3 unspecified atom stereocenters. The second-order valence-corrected chi connectivity index (χ2v) is 13.4. The van der Waals surface area contributed by atoms with Crippen LogP contribution in [0.1, 0.15) is 74.7 Å². The number of amides is 5. The van der Waals surface area contributed by atoms with E-state index in [-0.39, 0.29) is 29.1 Å². The second-order valence-electron chi connectivity index (χ2n) is 13.4. The second kappa shape index (κ2) is 9.34. The van der Waals surface area contributed by atoms with E-state index in [4.69, 9.17) is 5.73 Å². The average Bonchev–Trinajstić information content (AvgIpc) is 3.02. The number of likely N-dealkylation sites (tertiary alicyclic amines) is 1. The molecule has 0 aromatic rings. The zero-order valence-electron chi connectivity index (χ0n) is 22.9. The van der Waals surface area contributed by atoms with Crippen molar-refractivity contribution in [2.75, 3.05) is 6.54 Å². The number of nitrogens with one attached hydrogen (secondary N) is 3. The number of rotatable bonds is 7. The molecule has 2 saturated carbocycles. The minimum Gasteiger partial charge on any atom is -0.363 e. The van der Waals surface area contributed by atoms with Crippen LogP contribution in [-0.4, -0.2) is 64.6 Å². The molecule has 0 aromatic carbocycles. The summed E-state index contributed by atoms with van der Waals surface area (Å²) in [5, 5.41) is 8.44. The molecule has 0 bridgehead atoms. The van der Waals surface area contributed by atoms with Crippen molar-refractivity contribution in [2.24, 2.45) is 34.3 Å². The van der Waals surface area contributed by atoms with Gasteiger partial charge in [0.2, 0.25) is 17.6 Å². The third-order valence-electron chi connectivity index (χ3n) is 8.08. The Labute approximate surface area is 213 Å². The molecule has 1 aliphatic heterocycles. The van der Waals surface area contributed by atoms with Gasteiger partial charge in [-0.3, -0.25) is 19.2 Å². The molecule has 0 aromatic heterocycles. The third-order valence-corrected chi connectivity index (χ3v) is 8.08. The lowest BCUT2D eigenvalue weighted by molar-refractivity contribution is -0.145. The largest absolute Gasteiger partial charge is 0.363 e. The molecule has 1 heterocycles. The first-order chi connectivity index (χ1) is 16.4. The topological polar surface area (TPSA) is 151 Å². The number of piperidine rings is 1. The van der Waals surface area contributed by atoms with E-state index in [1.165, 1.54) is 0 Å². The fraction of sp³-hybridized carbons (Fsp3) is 0.808. The average molecular weight is 506 g/mol. The molecule has 1 saturated heterocycles. The van der Waals surface area contributed by atoms with E-state index in [0.717, 1.165) is 19.3 Å². The predicted molar refractivity (Wildman–Crippen MR) is 134 cm³/mol. The monoisotopic (exact) mass is 505 g/mol. The lowest BCUT2D eigenvalue weighted by Gasteiger charge is -2.39. The molecule has 5 amide bonds. The Morgan fingerprint density at radius 2 is 1.56 bits per heavy atom. The van der Waals surface area contributed by atoms with Crippen LogP contribution in [0.4, 0.5) is 4.79 Å². The molecule has 3 aliphatic rings. The van der Waals surface area contributed by atoms with Crippen molar-refractivity contribution >= 4 is 29.5 Å². The summed E-state index contributed by atoms with van der Waals surface area (Å²) < 4.78 is 0. The van der Waals surface area contributed by atoms with Gasteiger partial charge in [-0.2, -0.15) is 0 Å². The summed E-state index contributed by atoms with van der Waals surface area (Å²) in [6, 6.07) is -3.10. The minimum atomic E-state index is -1.07. The number of carbonyl (C=O) groups is 5. The molecular formula is C26H43N5O5. The van der Waals surface area contributed by atoms with Gasteiger partial charge >= 0.3 is 6.03 Å². The van der Waals surface area contributed by atoms with Crippen LogP contribution in [0, 0.1) is 28.6 Å². The molecule has 36 heavy (non-hydrogen) atoms. The number of ketones is 1. The van der Waals surface area contributed by atoms with Gasteiger partial charge in [0.05, 0.1) is 0 Å². The van der Waals surface area contributed by atoms with Crippen LogP contribution in [0.2, 0.25) is 0 Å². The van der Waals surface area contributed by atoms with Crippen LogP contribution < -0.4 is 21.7 Å². The van der Waals surface area contributed by atoms with Crippen molar-refractivity contribution in [1.29, 1.82) is 0 Å². The summed E-state index contributed by atoms with van der Waals surface area (Å²) >= 11 is 0. The number of Topliss-reactive ketones (excluding diaryl/α,β-unsaturated/α-hetero) is 1. The van der Waals surface area contributed by atoms with Gasteiger partial charge in [-0.15, -0.1) is 0 Å². The van der Waals surface area contributed by atoms with Gasteiger partial charge < -0.3 is 26.6 Å². The smallest absolute Gasteiger partial charge is 0.315 e. The zero-order chi connectivity index (χ0) is 27.4. The Morgan fingerprint density at radius 1 is 0.972 bits per heavy atom. The van der Waals surface area contributed by atoms with Crippen molar-refractivity contribution < 1.29 is 24.0 Å². The van der Waals surface area contributed by atoms with Crippen molar-refractivity contribution in [1.82, 2.24) is 20.9 Å². The lowest BCUT2D eigenvalue weighted by atomic mass is 9.78. The van der Waals surface area contributed by atoms with Gasteiger partial charge in [0, 0.05) is 12.1 Å². The zero-order valence-corrected chi connectivity index (χ0v) is 22.9. The quantitative estimate of drug-likeness (QED) is 0.385. The Kier molecular flexibility index (Phi) is 7.24. The molecule has 10 heteroatoms. The van der Waals surface area contributed by atoms with Crippen molar-refractivity contribution in [3.05, 3.63) is 0 Å². The Balaban J connectivity index is 1.85. The van der Waals surface area contributed by atoms with Crippen molar-refractivity contribution in [3.8, 4) is 0 Å². The fourth-order valence-electron chi connectivity index (χ4n) is 5.70. The normalized spacial score (nSPS) is 26.7. The fourth-order valence-corrected chi connectivity index (χ4v) is 5.70. The van der Waals surface area contributed by atoms with Crippen LogP contribution in [0.5, 0.6) is 0 Å². The summed E-state index contributed by atoms with van der Waals surface area (Å²) in [6.07, 6.45) is 2.38.